The van der Waals surface area contributed by atoms with E-state index in [2.05, 4.69) is 27.2 Å². The Balaban J connectivity index is 1.82. The number of para-hydroxylation sites is 1. The first-order valence-corrected chi connectivity index (χ1v) is 10.6. The Morgan fingerprint density at radius 1 is 1.29 bits per heavy atom. The minimum atomic E-state index is -0.569. The van der Waals surface area contributed by atoms with Crippen molar-refractivity contribution in [3.63, 3.8) is 0 Å². The van der Waals surface area contributed by atoms with Gasteiger partial charge in [0.25, 0.3) is 11.1 Å². The van der Waals surface area contributed by atoms with Crippen molar-refractivity contribution < 1.29 is 23.9 Å². The van der Waals surface area contributed by atoms with Crippen LogP contribution in [0.1, 0.15) is 5.56 Å². The highest BCUT2D eigenvalue weighted by Gasteiger charge is 2.36. The maximum Gasteiger partial charge on any atom is 0.294 e. The largest absolute Gasteiger partial charge is 0.493 e. The van der Waals surface area contributed by atoms with E-state index in [1.54, 1.807) is 36.4 Å². The van der Waals surface area contributed by atoms with E-state index in [4.69, 9.17) is 15.9 Å². The van der Waals surface area contributed by atoms with Crippen molar-refractivity contribution in [2.75, 3.05) is 25.6 Å². The Labute approximate surface area is 191 Å². The number of nitrogens with one attached hydrogen (secondary N) is 1. The van der Waals surface area contributed by atoms with Gasteiger partial charge in [0.2, 0.25) is 5.91 Å². The Kier molecular flexibility index (Phi) is 7.39. The fourth-order valence-electron chi connectivity index (χ4n) is 2.76. The summed E-state index contributed by atoms with van der Waals surface area (Å²) in [7, 11) is 1.48. The standard InChI is InChI=1S/C22H17BrN2O5S/c1-3-9-30-20-14(10-15(23)12-17(20)29-2)11-18-21(27)25(22(28)31-18)13-19(26)24-16-7-5-4-6-8-16/h1,4-8,10-12H,9,13H2,2H3,(H,24,26)/b18-11-. The molecule has 9 heteroatoms. The van der Waals surface area contributed by atoms with Crippen molar-refractivity contribution in [2.24, 2.45) is 0 Å². The van der Waals surface area contributed by atoms with Crippen molar-refractivity contribution in [1.29, 1.82) is 0 Å². The summed E-state index contributed by atoms with van der Waals surface area (Å²) in [5, 5.41) is 2.12. The number of imide groups is 1. The number of ether oxygens (including phenoxy) is 2. The summed E-state index contributed by atoms with van der Waals surface area (Å²) in [6.07, 6.45) is 6.80. The molecule has 3 amide bonds. The lowest BCUT2D eigenvalue weighted by atomic mass is 10.1. The van der Waals surface area contributed by atoms with E-state index < -0.39 is 17.1 Å². The molecule has 7 nitrogen and oxygen atoms in total. The minimum Gasteiger partial charge on any atom is -0.493 e. The van der Waals surface area contributed by atoms with E-state index in [0.29, 0.717) is 27.2 Å². The summed E-state index contributed by atoms with van der Waals surface area (Å²) in [5.41, 5.74) is 1.08. The zero-order chi connectivity index (χ0) is 22.4. The smallest absolute Gasteiger partial charge is 0.294 e. The lowest BCUT2D eigenvalue weighted by molar-refractivity contribution is -0.127. The van der Waals surface area contributed by atoms with Gasteiger partial charge in [-0.2, -0.15) is 0 Å². The molecule has 2 aromatic carbocycles. The van der Waals surface area contributed by atoms with Gasteiger partial charge in [0.1, 0.15) is 13.2 Å². The molecule has 1 heterocycles. The molecule has 1 aliphatic rings. The van der Waals surface area contributed by atoms with E-state index in [-0.39, 0.29) is 18.1 Å². The van der Waals surface area contributed by atoms with Crippen molar-refractivity contribution in [3.8, 4) is 23.8 Å². The van der Waals surface area contributed by atoms with Gasteiger partial charge in [-0.3, -0.25) is 19.3 Å². The number of hydrogen-bond donors (Lipinski definition) is 1. The first-order chi connectivity index (χ1) is 14.9. The van der Waals surface area contributed by atoms with Crippen LogP contribution in [-0.2, 0) is 9.59 Å². The lowest BCUT2D eigenvalue weighted by Gasteiger charge is -2.13. The van der Waals surface area contributed by atoms with Gasteiger partial charge in [0, 0.05) is 15.7 Å². The quantitative estimate of drug-likeness (QED) is 0.454. The molecule has 2 aromatic rings. The van der Waals surface area contributed by atoms with Gasteiger partial charge in [-0.05, 0) is 42.1 Å². The van der Waals surface area contributed by atoms with Crippen LogP contribution in [0.2, 0.25) is 0 Å². The van der Waals surface area contributed by atoms with E-state index in [1.807, 2.05) is 6.07 Å². The first-order valence-electron chi connectivity index (χ1n) is 8.97. The second-order valence-electron chi connectivity index (χ2n) is 6.20. The molecule has 1 saturated heterocycles. The fraction of sp³-hybridized carbons (Fsp3) is 0.136. The third kappa shape index (κ3) is 5.48. The number of benzene rings is 2. The Morgan fingerprint density at radius 2 is 2.03 bits per heavy atom. The topological polar surface area (TPSA) is 84.9 Å². The van der Waals surface area contributed by atoms with E-state index in [9.17, 15) is 14.4 Å². The van der Waals surface area contributed by atoms with Crippen molar-refractivity contribution in [2.45, 2.75) is 0 Å². The normalized spacial score (nSPS) is 14.5. The van der Waals surface area contributed by atoms with Gasteiger partial charge in [-0.15, -0.1) is 6.42 Å². The maximum absolute atomic E-state index is 12.8. The molecule has 0 aromatic heterocycles. The van der Waals surface area contributed by atoms with Gasteiger partial charge < -0.3 is 14.8 Å². The molecule has 0 bridgehead atoms. The highest BCUT2D eigenvalue weighted by Crippen LogP contribution is 2.39. The predicted molar refractivity (Wildman–Crippen MR) is 123 cm³/mol. The van der Waals surface area contributed by atoms with Crippen molar-refractivity contribution >= 4 is 56.5 Å². The number of carbonyl (C=O) groups is 3. The molecule has 158 valence electrons. The number of terminal acetylenes is 1. The van der Waals surface area contributed by atoms with Gasteiger partial charge in [0.05, 0.1) is 12.0 Å². The molecule has 0 saturated carbocycles. The van der Waals surface area contributed by atoms with Crippen LogP contribution in [0.5, 0.6) is 11.5 Å². The number of halogens is 1. The highest BCUT2D eigenvalue weighted by atomic mass is 79.9. The average molecular weight is 501 g/mol. The number of hydrogen-bond acceptors (Lipinski definition) is 6. The van der Waals surface area contributed by atoms with E-state index >= 15 is 0 Å². The van der Waals surface area contributed by atoms with Gasteiger partial charge in [-0.25, -0.2) is 0 Å². The second-order valence-corrected chi connectivity index (χ2v) is 8.11. The zero-order valence-electron chi connectivity index (χ0n) is 16.4. The zero-order valence-corrected chi connectivity index (χ0v) is 18.8. The third-order valence-electron chi connectivity index (χ3n) is 4.09. The summed E-state index contributed by atoms with van der Waals surface area (Å²) in [6, 6.07) is 12.2. The van der Waals surface area contributed by atoms with Gasteiger partial charge in [0.15, 0.2) is 11.5 Å². The third-order valence-corrected chi connectivity index (χ3v) is 5.45. The molecular weight excluding hydrogens is 484 g/mol. The van der Waals surface area contributed by atoms with Crippen LogP contribution in [0.25, 0.3) is 6.08 Å². The summed E-state index contributed by atoms with van der Waals surface area (Å²) >= 11 is 4.12. The molecule has 0 unspecified atom stereocenters. The fourth-order valence-corrected chi connectivity index (χ4v) is 4.04. The molecule has 1 fully saturated rings. The number of carbonyl (C=O) groups excluding carboxylic acids is 3. The summed E-state index contributed by atoms with van der Waals surface area (Å²) < 4.78 is 11.6. The van der Waals surface area contributed by atoms with Crippen molar-refractivity contribution in [3.05, 3.63) is 57.4 Å². The second kappa shape index (κ2) is 10.2. The van der Waals surface area contributed by atoms with Crippen LogP contribution >= 0.6 is 27.7 Å². The van der Waals surface area contributed by atoms with E-state index in [1.165, 1.54) is 13.2 Å². The van der Waals surface area contributed by atoms with Crippen LogP contribution in [0.4, 0.5) is 10.5 Å². The molecule has 0 atom stereocenters. The SMILES string of the molecule is C#CCOc1c(/C=C2\SC(=O)N(CC(=O)Nc3ccccc3)C2=O)cc(Br)cc1OC. The van der Waals surface area contributed by atoms with Gasteiger partial charge in [-0.1, -0.05) is 40.0 Å². The molecule has 0 spiro atoms. The monoisotopic (exact) mass is 500 g/mol. The Bertz CT molecular complexity index is 1100. The minimum absolute atomic E-state index is 0.0000320. The highest BCUT2D eigenvalue weighted by molar-refractivity contribution is 9.10. The van der Waals surface area contributed by atoms with Gasteiger partial charge >= 0.3 is 0 Å². The lowest BCUT2D eigenvalue weighted by Crippen LogP contribution is -2.36. The molecular formula is C22H17BrN2O5S. The molecule has 1 N–H and O–H groups in total. The number of methoxy groups -OCH3 is 1. The van der Waals surface area contributed by atoms with Crippen molar-refractivity contribution in [1.82, 2.24) is 4.90 Å². The number of amides is 3. The number of thioether (sulfide) groups is 1. The first kappa shape index (κ1) is 22.5. The van der Waals surface area contributed by atoms with Crippen LogP contribution in [0, 0.1) is 12.3 Å². The number of nitrogens with zero attached hydrogens (tertiary/aromatic N) is 1. The molecule has 0 radical (unpaired) electrons. The maximum atomic E-state index is 12.8. The van der Waals surface area contributed by atoms with Crippen LogP contribution < -0.4 is 14.8 Å². The number of anilines is 1. The summed E-state index contributed by atoms with van der Waals surface area (Å²) in [5.74, 6) is 2.09. The van der Waals surface area contributed by atoms with E-state index in [0.717, 1.165) is 16.7 Å². The average Bonchev–Trinajstić information content (AvgIpc) is 3.00. The van der Waals surface area contributed by atoms with Crippen LogP contribution in [0.15, 0.2) is 51.8 Å². The molecule has 31 heavy (non-hydrogen) atoms. The Morgan fingerprint density at radius 3 is 2.71 bits per heavy atom. The summed E-state index contributed by atoms with van der Waals surface area (Å²) in [4.78, 5) is 38.5. The molecule has 1 aliphatic heterocycles. The molecule has 0 aliphatic carbocycles. The molecule has 3 rings (SSSR count). The summed E-state index contributed by atoms with van der Waals surface area (Å²) in [6.45, 7) is -0.390. The predicted octanol–water partition coefficient (Wildman–Crippen LogP) is 4.14. The van der Waals surface area contributed by atoms with Crippen LogP contribution in [-0.4, -0.2) is 42.2 Å². The number of rotatable bonds is 7. The van der Waals surface area contributed by atoms with Crippen LogP contribution in [0.3, 0.4) is 0 Å². The Hall–Kier alpha value is -3.22.